The Morgan fingerprint density at radius 3 is 2.46 bits per heavy atom. The van der Waals surface area contributed by atoms with Gasteiger partial charge in [-0.05, 0) is 49.9 Å². The third kappa shape index (κ3) is 3.44. The number of rotatable bonds is 5. The smallest absolute Gasteiger partial charge is 0.168 e. The van der Waals surface area contributed by atoms with Gasteiger partial charge in [-0.1, -0.05) is 0 Å². The molecule has 6 nitrogen and oxygen atoms in total. The van der Waals surface area contributed by atoms with E-state index in [4.69, 9.17) is 10.00 Å². The largest absolute Gasteiger partial charge is 0.454 e. The Kier molecular flexibility index (Phi) is 4.10. The van der Waals surface area contributed by atoms with Gasteiger partial charge >= 0.3 is 0 Å². The van der Waals surface area contributed by atoms with Crippen molar-refractivity contribution < 1.29 is 13.2 Å². The van der Waals surface area contributed by atoms with Gasteiger partial charge in [-0.3, -0.25) is 4.68 Å². The summed E-state index contributed by atoms with van der Waals surface area (Å²) in [6.07, 6.45) is 4.79. The van der Waals surface area contributed by atoms with E-state index in [0.717, 1.165) is 29.7 Å². The van der Waals surface area contributed by atoms with Gasteiger partial charge in [0.1, 0.15) is 11.6 Å². The van der Waals surface area contributed by atoms with Crippen LogP contribution in [0.3, 0.4) is 0 Å². The van der Waals surface area contributed by atoms with Gasteiger partial charge < -0.3 is 4.74 Å². The third-order valence-corrected chi connectivity index (χ3v) is 4.73. The number of benzene rings is 1. The van der Waals surface area contributed by atoms with Crippen LogP contribution in [0, 0.1) is 25.2 Å². The first-order chi connectivity index (χ1) is 11.3. The van der Waals surface area contributed by atoms with Gasteiger partial charge in [0.15, 0.2) is 15.6 Å². The molecule has 1 heterocycles. The lowest BCUT2D eigenvalue weighted by atomic mass is 10.0. The zero-order valence-corrected chi connectivity index (χ0v) is 14.7. The van der Waals surface area contributed by atoms with Crippen LogP contribution in [0.2, 0.25) is 0 Å². The third-order valence-electron chi connectivity index (χ3n) is 4.01. The predicted octanol–water partition coefficient (Wildman–Crippen LogP) is 3.04. The van der Waals surface area contributed by atoms with Crippen molar-refractivity contribution in [1.29, 1.82) is 5.26 Å². The van der Waals surface area contributed by atoms with E-state index < -0.39 is 9.84 Å². The molecular formula is C17H19N3O3S. The summed E-state index contributed by atoms with van der Waals surface area (Å²) < 4.78 is 30.7. The minimum atomic E-state index is -3.18. The maximum atomic E-state index is 11.6. The van der Waals surface area contributed by atoms with Crippen molar-refractivity contribution in [2.45, 2.75) is 38.5 Å². The second-order valence-corrected chi connectivity index (χ2v) is 8.48. The molecule has 1 fully saturated rings. The SMILES string of the molecule is Cc1cc(Oc2cnn(CS(C)(=O)=O)c2C2CC2)cc(C)c1C#N. The molecule has 1 aliphatic carbocycles. The Hall–Kier alpha value is -2.33. The summed E-state index contributed by atoms with van der Waals surface area (Å²) in [6.45, 7) is 3.74. The number of ether oxygens (including phenoxy) is 1. The Morgan fingerprint density at radius 2 is 1.96 bits per heavy atom. The minimum Gasteiger partial charge on any atom is -0.454 e. The molecule has 1 aromatic heterocycles. The van der Waals surface area contributed by atoms with Crippen molar-refractivity contribution in [3.63, 3.8) is 0 Å². The number of hydrogen-bond acceptors (Lipinski definition) is 5. The topological polar surface area (TPSA) is 85.0 Å². The van der Waals surface area contributed by atoms with Crippen LogP contribution in [0.15, 0.2) is 18.3 Å². The van der Waals surface area contributed by atoms with Crippen LogP contribution in [0.1, 0.15) is 41.1 Å². The molecule has 1 aromatic carbocycles. The zero-order valence-electron chi connectivity index (χ0n) is 13.9. The molecular weight excluding hydrogens is 326 g/mol. The summed E-state index contributed by atoms with van der Waals surface area (Å²) in [5.41, 5.74) is 3.19. The summed E-state index contributed by atoms with van der Waals surface area (Å²) in [7, 11) is -3.18. The number of nitriles is 1. The molecule has 1 aliphatic rings. The van der Waals surface area contributed by atoms with E-state index in [2.05, 4.69) is 11.2 Å². The van der Waals surface area contributed by atoms with Crippen LogP contribution in [0.5, 0.6) is 11.5 Å². The molecule has 0 saturated heterocycles. The molecule has 126 valence electrons. The van der Waals surface area contributed by atoms with E-state index in [0.29, 0.717) is 23.0 Å². The van der Waals surface area contributed by atoms with Crippen molar-refractivity contribution in [1.82, 2.24) is 9.78 Å². The maximum absolute atomic E-state index is 11.6. The van der Waals surface area contributed by atoms with Crippen LogP contribution < -0.4 is 4.74 Å². The van der Waals surface area contributed by atoms with Crippen molar-refractivity contribution in [3.05, 3.63) is 40.7 Å². The Morgan fingerprint density at radius 1 is 1.33 bits per heavy atom. The van der Waals surface area contributed by atoms with E-state index >= 15 is 0 Å². The van der Waals surface area contributed by atoms with Crippen LogP contribution in [0.25, 0.3) is 0 Å². The van der Waals surface area contributed by atoms with Crippen LogP contribution in [-0.2, 0) is 15.7 Å². The van der Waals surface area contributed by atoms with E-state index in [1.165, 1.54) is 10.9 Å². The molecule has 0 unspecified atom stereocenters. The second-order valence-electron chi connectivity index (χ2n) is 6.37. The fourth-order valence-electron chi connectivity index (χ4n) is 2.84. The predicted molar refractivity (Wildman–Crippen MR) is 89.8 cm³/mol. The molecule has 0 radical (unpaired) electrons. The molecule has 0 amide bonds. The molecule has 24 heavy (non-hydrogen) atoms. The summed E-state index contributed by atoms with van der Waals surface area (Å²) in [6, 6.07) is 5.82. The molecule has 0 aliphatic heterocycles. The highest BCUT2D eigenvalue weighted by atomic mass is 32.2. The minimum absolute atomic E-state index is 0.145. The van der Waals surface area contributed by atoms with Crippen molar-refractivity contribution in [3.8, 4) is 17.6 Å². The lowest BCUT2D eigenvalue weighted by molar-refractivity contribution is 0.472. The summed E-state index contributed by atoms with van der Waals surface area (Å²) >= 11 is 0. The zero-order chi connectivity index (χ0) is 17.5. The first kappa shape index (κ1) is 16.5. The number of hydrogen-bond donors (Lipinski definition) is 0. The van der Waals surface area contributed by atoms with Gasteiger partial charge in [-0.15, -0.1) is 0 Å². The molecule has 2 aromatic rings. The van der Waals surface area contributed by atoms with Gasteiger partial charge in [0.25, 0.3) is 0 Å². The molecule has 0 N–H and O–H groups in total. The average Bonchev–Trinajstić information content (AvgIpc) is 3.21. The number of nitrogens with zero attached hydrogens (tertiary/aromatic N) is 3. The Bertz CT molecular complexity index is 911. The lowest BCUT2D eigenvalue weighted by Gasteiger charge is -2.11. The average molecular weight is 345 g/mol. The molecule has 0 atom stereocenters. The Labute approximate surface area is 141 Å². The van der Waals surface area contributed by atoms with Gasteiger partial charge in [0.2, 0.25) is 0 Å². The molecule has 3 rings (SSSR count). The van der Waals surface area contributed by atoms with E-state index in [9.17, 15) is 8.42 Å². The van der Waals surface area contributed by atoms with Crippen LogP contribution in [0.4, 0.5) is 0 Å². The fourth-order valence-corrected chi connectivity index (χ4v) is 3.49. The molecule has 0 spiro atoms. The standard InChI is InChI=1S/C17H19N3O3S/c1-11-6-14(7-12(2)15(11)8-18)23-16-9-19-20(10-24(3,21)22)17(16)13-4-5-13/h6-7,9,13H,4-5,10H2,1-3H3. The van der Waals surface area contributed by atoms with Crippen molar-refractivity contribution in [2.75, 3.05) is 6.26 Å². The first-order valence-electron chi connectivity index (χ1n) is 7.71. The lowest BCUT2D eigenvalue weighted by Crippen LogP contribution is -2.12. The van der Waals surface area contributed by atoms with Gasteiger partial charge in [0, 0.05) is 12.2 Å². The van der Waals surface area contributed by atoms with Gasteiger partial charge in [-0.2, -0.15) is 10.4 Å². The molecule has 7 heteroatoms. The van der Waals surface area contributed by atoms with E-state index in [-0.39, 0.29) is 5.88 Å². The summed E-state index contributed by atoms with van der Waals surface area (Å²) in [5.74, 6) is 1.37. The number of aromatic nitrogens is 2. The summed E-state index contributed by atoms with van der Waals surface area (Å²) in [5, 5.41) is 13.4. The van der Waals surface area contributed by atoms with Gasteiger partial charge in [-0.25, -0.2) is 8.42 Å². The van der Waals surface area contributed by atoms with Crippen LogP contribution >= 0.6 is 0 Å². The van der Waals surface area contributed by atoms with E-state index in [1.807, 2.05) is 26.0 Å². The van der Waals surface area contributed by atoms with Crippen molar-refractivity contribution >= 4 is 9.84 Å². The highest BCUT2D eigenvalue weighted by Gasteiger charge is 2.32. The first-order valence-corrected chi connectivity index (χ1v) is 9.77. The number of sulfone groups is 1. The highest BCUT2D eigenvalue weighted by Crippen LogP contribution is 2.45. The molecule has 1 saturated carbocycles. The highest BCUT2D eigenvalue weighted by molar-refractivity contribution is 7.89. The monoisotopic (exact) mass is 345 g/mol. The molecule has 0 bridgehead atoms. The van der Waals surface area contributed by atoms with Gasteiger partial charge in [0.05, 0.1) is 23.5 Å². The van der Waals surface area contributed by atoms with E-state index in [1.54, 1.807) is 6.20 Å². The normalized spacial score (nSPS) is 14.4. The maximum Gasteiger partial charge on any atom is 0.168 e. The fraction of sp³-hybridized carbons (Fsp3) is 0.412. The quantitative estimate of drug-likeness (QED) is 0.831. The summed E-state index contributed by atoms with van der Waals surface area (Å²) in [4.78, 5) is 0. The second kappa shape index (κ2) is 5.95. The van der Waals surface area contributed by atoms with Crippen LogP contribution in [-0.4, -0.2) is 24.5 Å². The number of aryl methyl sites for hydroxylation is 2. The Balaban J connectivity index is 1.95. The van der Waals surface area contributed by atoms with Crippen molar-refractivity contribution in [2.24, 2.45) is 0 Å².